The van der Waals surface area contributed by atoms with E-state index < -0.39 is 0 Å². The monoisotopic (exact) mass is 215 g/mol. The van der Waals surface area contributed by atoms with Crippen molar-refractivity contribution in [3.05, 3.63) is 0 Å². The minimum absolute atomic E-state index is 0.0473. The van der Waals surface area contributed by atoms with E-state index in [1.165, 1.54) is 0 Å². The molecule has 0 bridgehead atoms. The van der Waals surface area contributed by atoms with Crippen LogP contribution in [0.1, 0.15) is 41.5 Å². The Balaban J connectivity index is 4.20. The Morgan fingerprint density at radius 2 is 1.73 bits per heavy atom. The third kappa shape index (κ3) is 5.17. The number of likely N-dealkylation sites (N-methyl/N-ethyl adjacent to an activating group) is 1. The Bertz CT molecular complexity index is 206. The number of carbonyl (C=O) groups excluding carboxylic acids is 1. The standard InChI is InChI=1S/C12H25NO2/c1-9(2)15-8-11(14)13(7)10(3)12(4,5)6/h9-10H,8H2,1-7H3. The second kappa shape index (κ2) is 5.50. The van der Waals surface area contributed by atoms with Crippen molar-refractivity contribution in [1.29, 1.82) is 0 Å². The molecule has 0 radical (unpaired) electrons. The van der Waals surface area contributed by atoms with Gasteiger partial charge in [-0.3, -0.25) is 4.79 Å². The molecule has 3 nitrogen and oxygen atoms in total. The van der Waals surface area contributed by atoms with E-state index in [0.717, 1.165) is 0 Å². The normalized spacial score (nSPS) is 14.1. The van der Waals surface area contributed by atoms with Gasteiger partial charge in [-0.25, -0.2) is 0 Å². The molecule has 0 aromatic rings. The van der Waals surface area contributed by atoms with Crippen molar-refractivity contribution in [2.75, 3.05) is 13.7 Å². The van der Waals surface area contributed by atoms with E-state index in [-0.39, 0.29) is 30.1 Å². The van der Waals surface area contributed by atoms with Crippen molar-refractivity contribution in [3.63, 3.8) is 0 Å². The lowest BCUT2D eigenvalue weighted by molar-refractivity contribution is -0.140. The molecule has 15 heavy (non-hydrogen) atoms. The van der Waals surface area contributed by atoms with Crippen LogP contribution in [0.5, 0.6) is 0 Å². The summed E-state index contributed by atoms with van der Waals surface area (Å²) in [5, 5.41) is 0. The first kappa shape index (κ1) is 14.4. The Morgan fingerprint density at radius 1 is 1.27 bits per heavy atom. The SMILES string of the molecule is CC(C)OCC(=O)N(C)C(C)C(C)(C)C. The Labute approximate surface area is 93.8 Å². The lowest BCUT2D eigenvalue weighted by Crippen LogP contribution is -2.44. The van der Waals surface area contributed by atoms with E-state index in [9.17, 15) is 4.79 Å². The number of rotatable bonds is 4. The van der Waals surface area contributed by atoms with E-state index in [1.54, 1.807) is 4.90 Å². The van der Waals surface area contributed by atoms with Crippen molar-refractivity contribution < 1.29 is 9.53 Å². The van der Waals surface area contributed by atoms with Gasteiger partial charge in [-0.2, -0.15) is 0 Å². The van der Waals surface area contributed by atoms with Gasteiger partial charge in [0.2, 0.25) is 5.91 Å². The molecule has 0 N–H and O–H groups in total. The molecule has 0 saturated carbocycles. The molecule has 0 aliphatic heterocycles. The second-order valence-corrected chi connectivity index (χ2v) is 5.41. The topological polar surface area (TPSA) is 29.5 Å². The van der Waals surface area contributed by atoms with Crippen LogP contribution in [0.15, 0.2) is 0 Å². The second-order valence-electron chi connectivity index (χ2n) is 5.41. The fraction of sp³-hybridized carbons (Fsp3) is 0.917. The van der Waals surface area contributed by atoms with Crippen LogP contribution in [0.4, 0.5) is 0 Å². The van der Waals surface area contributed by atoms with Gasteiger partial charge in [-0.15, -0.1) is 0 Å². The largest absolute Gasteiger partial charge is 0.369 e. The number of carbonyl (C=O) groups is 1. The molecule has 0 aromatic heterocycles. The van der Waals surface area contributed by atoms with Gasteiger partial charge >= 0.3 is 0 Å². The predicted octanol–water partition coefficient (Wildman–Crippen LogP) is 2.30. The van der Waals surface area contributed by atoms with E-state index in [0.29, 0.717) is 0 Å². The highest BCUT2D eigenvalue weighted by Gasteiger charge is 2.26. The lowest BCUT2D eigenvalue weighted by atomic mass is 9.87. The quantitative estimate of drug-likeness (QED) is 0.720. The Hall–Kier alpha value is -0.570. The minimum atomic E-state index is 0.0473. The van der Waals surface area contributed by atoms with Crippen LogP contribution in [-0.4, -0.2) is 36.6 Å². The van der Waals surface area contributed by atoms with E-state index >= 15 is 0 Å². The van der Waals surface area contributed by atoms with Crippen molar-refractivity contribution in [3.8, 4) is 0 Å². The molecule has 0 heterocycles. The van der Waals surface area contributed by atoms with Crippen molar-refractivity contribution >= 4 is 5.91 Å². The van der Waals surface area contributed by atoms with Crippen LogP contribution in [0.25, 0.3) is 0 Å². The molecular formula is C12H25NO2. The molecule has 0 spiro atoms. The van der Waals surface area contributed by atoms with Crippen molar-refractivity contribution in [1.82, 2.24) is 4.90 Å². The van der Waals surface area contributed by atoms with Gasteiger partial charge in [0, 0.05) is 13.1 Å². The summed E-state index contributed by atoms with van der Waals surface area (Å²) < 4.78 is 5.30. The summed E-state index contributed by atoms with van der Waals surface area (Å²) in [6.45, 7) is 12.5. The van der Waals surface area contributed by atoms with Crippen LogP contribution < -0.4 is 0 Å². The summed E-state index contributed by atoms with van der Waals surface area (Å²) in [5.74, 6) is 0.0473. The molecule has 3 heteroatoms. The van der Waals surface area contributed by atoms with Gasteiger partial charge < -0.3 is 9.64 Å². The first-order valence-electron chi connectivity index (χ1n) is 5.53. The van der Waals surface area contributed by atoms with Crippen molar-refractivity contribution in [2.24, 2.45) is 5.41 Å². The molecule has 90 valence electrons. The van der Waals surface area contributed by atoms with Crippen LogP contribution in [0.2, 0.25) is 0 Å². The molecule has 0 aliphatic rings. The lowest BCUT2D eigenvalue weighted by Gasteiger charge is -2.35. The summed E-state index contributed by atoms with van der Waals surface area (Å²) in [6, 6.07) is 0.209. The van der Waals surface area contributed by atoms with Crippen LogP contribution in [-0.2, 0) is 9.53 Å². The highest BCUT2D eigenvalue weighted by molar-refractivity contribution is 5.77. The maximum Gasteiger partial charge on any atom is 0.248 e. The van der Waals surface area contributed by atoms with Gasteiger partial charge in [0.25, 0.3) is 0 Å². The summed E-state index contributed by atoms with van der Waals surface area (Å²) in [7, 11) is 1.84. The summed E-state index contributed by atoms with van der Waals surface area (Å²) in [6.07, 6.45) is 0.104. The fourth-order valence-corrected chi connectivity index (χ4v) is 1.14. The molecule has 0 rings (SSSR count). The average molecular weight is 215 g/mol. The maximum atomic E-state index is 11.7. The van der Waals surface area contributed by atoms with Crippen LogP contribution in [0, 0.1) is 5.41 Å². The van der Waals surface area contributed by atoms with Crippen LogP contribution >= 0.6 is 0 Å². The molecule has 0 saturated heterocycles. The van der Waals surface area contributed by atoms with Crippen molar-refractivity contribution in [2.45, 2.75) is 53.7 Å². The van der Waals surface area contributed by atoms with Gasteiger partial charge in [0.15, 0.2) is 0 Å². The molecule has 1 atom stereocenters. The molecule has 0 aliphatic carbocycles. The summed E-state index contributed by atoms with van der Waals surface area (Å²) >= 11 is 0. The minimum Gasteiger partial charge on any atom is -0.369 e. The summed E-state index contributed by atoms with van der Waals surface area (Å²) in [4.78, 5) is 13.5. The number of hydrogen-bond acceptors (Lipinski definition) is 2. The first-order chi connectivity index (χ1) is 6.66. The number of hydrogen-bond donors (Lipinski definition) is 0. The third-order valence-electron chi connectivity index (χ3n) is 2.77. The zero-order chi connectivity index (χ0) is 12.2. The zero-order valence-electron chi connectivity index (χ0n) is 11.1. The van der Waals surface area contributed by atoms with Gasteiger partial charge in [0.05, 0.1) is 6.10 Å². The highest BCUT2D eigenvalue weighted by atomic mass is 16.5. The number of ether oxygens (including phenoxy) is 1. The first-order valence-corrected chi connectivity index (χ1v) is 5.53. The molecule has 0 aromatic carbocycles. The third-order valence-corrected chi connectivity index (χ3v) is 2.77. The molecule has 0 fully saturated rings. The fourth-order valence-electron chi connectivity index (χ4n) is 1.14. The predicted molar refractivity (Wildman–Crippen MR) is 62.8 cm³/mol. The number of nitrogens with zero attached hydrogens (tertiary/aromatic N) is 1. The van der Waals surface area contributed by atoms with E-state index in [1.807, 2.05) is 20.9 Å². The smallest absolute Gasteiger partial charge is 0.248 e. The number of amides is 1. The van der Waals surface area contributed by atoms with E-state index in [4.69, 9.17) is 4.74 Å². The molecular weight excluding hydrogens is 190 g/mol. The average Bonchev–Trinajstić information content (AvgIpc) is 2.10. The van der Waals surface area contributed by atoms with Gasteiger partial charge in [-0.1, -0.05) is 20.8 Å². The molecule has 1 unspecified atom stereocenters. The summed E-state index contributed by atoms with van der Waals surface area (Å²) in [5.41, 5.74) is 0.0994. The van der Waals surface area contributed by atoms with Gasteiger partial charge in [-0.05, 0) is 26.2 Å². The zero-order valence-corrected chi connectivity index (χ0v) is 11.1. The van der Waals surface area contributed by atoms with Crippen LogP contribution in [0.3, 0.4) is 0 Å². The van der Waals surface area contributed by atoms with Gasteiger partial charge in [0.1, 0.15) is 6.61 Å². The highest BCUT2D eigenvalue weighted by Crippen LogP contribution is 2.22. The Kier molecular flexibility index (Phi) is 5.29. The van der Waals surface area contributed by atoms with E-state index in [2.05, 4.69) is 27.7 Å². The maximum absolute atomic E-state index is 11.7. The molecule has 1 amide bonds. The Morgan fingerprint density at radius 3 is 2.07 bits per heavy atom.